The molecular formula is C12H9N5O3. The molecule has 1 N–H and O–H groups in total. The van der Waals surface area contributed by atoms with E-state index < -0.39 is 0 Å². The van der Waals surface area contributed by atoms with Crippen LogP contribution in [0.25, 0.3) is 16.9 Å². The minimum absolute atomic E-state index is 0.197. The zero-order chi connectivity index (χ0) is 13.5. The molecule has 8 heteroatoms. The Balaban J connectivity index is 1.91. The van der Waals surface area contributed by atoms with Crippen LogP contribution in [0.5, 0.6) is 11.5 Å². The van der Waals surface area contributed by atoms with Gasteiger partial charge >= 0.3 is 0 Å². The highest BCUT2D eigenvalue weighted by molar-refractivity contribution is 5.70. The molecule has 0 spiro atoms. The molecule has 3 aromatic rings. The third kappa shape index (κ3) is 1.54. The van der Waals surface area contributed by atoms with Crippen molar-refractivity contribution in [2.45, 2.75) is 0 Å². The lowest BCUT2D eigenvalue weighted by molar-refractivity contribution is 0.171. The van der Waals surface area contributed by atoms with Gasteiger partial charge in [-0.15, -0.1) is 5.10 Å². The number of aromatic nitrogens is 5. The Morgan fingerprint density at radius 3 is 2.95 bits per heavy atom. The third-order valence-corrected chi connectivity index (χ3v) is 3.01. The van der Waals surface area contributed by atoms with Crippen molar-refractivity contribution < 1.29 is 9.47 Å². The summed E-state index contributed by atoms with van der Waals surface area (Å²) in [6, 6.07) is 5.39. The summed E-state index contributed by atoms with van der Waals surface area (Å²) in [7, 11) is 0. The molecule has 4 rings (SSSR count). The molecule has 1 aliphatic heterocycles. The van der Waals surface area contributed by atoms with E-state index >= 15 is 0 Å². The SMILES string of the molecule is O=c1[nH]cnc2c1nnn2-c1ccc2c(c1)OCCO2. The van der Waals surface area contributed by atoms with Crippen molar-refractivity contribution in [3.05, 3.63) is 34.9 Å². The molecule has 0 fully saturated rings. The van der Waals surface area contributed by atoms with Crippen LogP contribution in [-0.4, -0.2) is 38.2 Å². The largest absolute Gasteiger partial charge is 0.486 e. The van der Waals surface area contributed by atoms with Gasteiger partial charge in [-0.2, -0.15) is 4.68 Å². The van der Waals surface area contributed by atoms with Gasteiger partial charge in [0, 0.05) is 6.07 Å². The standard InChI is InChI=1S/C12H9N5O3/c18-12-10-11(13-6-14-12)17(16-15-10)7-1-2-8-9(5-7)20-4-3-19-8/h1-2,5-6H,3-4H2,(H,13,14,18). The van der Waals surface area contributed by atoms with Crippen molar-refractivity contribution in [1.29, 1.82) is 0 Å². The van der Waals surface area contributed by atoms with Crippen molar-refractivity contribution in [2.75, 3.05) is 13.2 Å². The molecule has 0 atom stereocenters. The van der Waals surface area contributed by atoms with Crippen LogP contribution in [0.15, 0.2) is 29.3 Å². The fraction of sp³-hybridized carbons (Fsp3) is 0.167. The number of nitrogens with one attached hydrogen (secondary N) is 1. The third-order valence-electron chi connectivity index (χ3n) is 3.01. The maximum atomic E-state index is 11.6. The van der Waals surface area contributed by atoms with E-state index in [2.05, 4.69) is 20.3 Å². The minimum Gasteiger partial charge on any atom is -0.486 e. The van der Waals surface area contributed by atoms with E-state index in [-0.39, 0.29) is 11.1 Å². The number of H-pyrrole nitrogens is 1. The molecular weight excluding hydrogens is 262 g/mol. The number of nitrogens with zero attached hydrogens (tertiary/aromatic N) is 4. The molecule has 0 saturated heterocycles. The molecule has 0 radical (unpaired) electrons. The Morgan fingerprint density at radius 2 is 2.05 bits per heavy atom. The van der Waals surface area contributed by atoms with Crippen LogP contribution in [0.4, 0.5) is 0 Å². The number of aromatic amines is 1. The van der Waals surface area contributed by atoms with Crippen molar-refractivity contribution in [2.24, 2.45) is 0 Å². The van der Waals surface area contributed by atoms with Gasteiger partial charge in [-0.05, 0) is 12.1 Å². The van der Waals surface area contributed by atoms with Crippen LogP contribution in [0.2, 0.25) is 0 Å². The molecule has 8 nitrogen and oxygen atoms in total. The van der Waals surface area contributed by atoms with Gasteiger partial charge in [-0.3, -0.25) is 4.79 Å². The van der Waals surface area contributed by atoms with Gasteiger partial charge in [0.05, 0.1) is 12.0 Å². The van der Waals surface area contributed by atoms with Crippen LogP contribution in [-0.2, 0) is 0 Å². The maximum Gasteiger partial charge on any atom is 0.280 e. The van der Waals surface area contributed by atoms with E-state index in [4.69, 9.17) is 9.47 Å². The molecule has 0 unspecified atom stereocenters. The first kappa shape index (κ1) is 11.0. The fourth-order valence-electron chi connectivity index (χ4n) is 2.10. The molecule has 0 bridgehead atoms. The van der Waals surface area contributed by atoms with E-state index in [1.54, 1.807) is 12.1 Å². The number of rotatable bonds is 1. The minimum atomic E-state index is -0.321. The lowest BCUT2D eigenvalue weighted by Gasteiger charge is -2.18. The second-order valence-corrected chi connectivity index (χ2v) is 4.23. The highest BCUT2D eigenvalue weighted by atomic mass is 16.6. The van der Waals surface area contributed by atoms with Gasteiger partial charge in [0.15, 0.2) is 22.7 Å². The second-order valence-electron chi connectivity index (χ2n) is 4.23. The molecule has 1 aromatic carbocycles. The van der Waals surface area contributed by atoms with Gasteiger partial charge in [0.2, 0.25) is 0 Å². The summed E-state index contributed by atoms with van der Waals surface area (Å²) < 4.78 is 12.5. The predicted molar refractivity (Wildman–Crippen MR) is 68.3 cm³/mol. The van der Waals surface area contributed by atoms with Crippen molar-refractivity contribution in [3.63, 3.8) is 0 Å². The van der Waals surface area contributed by atoms with Crippen LogP contribution >= 0.6 is 0 Å². The molecule has 20 heavy (non-hydrogen) atoms. The number of hydrogen-bond acceptors (Lipinski definition) is 6. The number of hydrogen-bond donors (Lipinski definition) is 1. The molecule has 1 aliphatic rings. The Bertz CT molecular complexity index is 854. The predicted octanol–water partition coefficient (Wildman–Crippen LogP) is 0.275. The lowest BCUT2D eigenvalue weighted by Crippen LogP contribution is -2.15. The van der Waals surface area contributed by atoms with Gasteiger partial charge < -0.3 is 14.5 Å². The molecule has 3 heterocycles. The normalized spacial score (nSPS) is 13.6. The Labute approximate surface area is 112 Å². The van der Waals surface area contributed by atoms with E-state index in [1.165, 1.54) is 11.0 Å². The van der Waals surface area contributed by atoms with E-state index in [1.807, 2.05) is 6.07 Å². The summed E-state index contributed by atoms with van der Waals surface area (Å²) >= 11 is 0. The monoisotopic (exact) mass is 271 g/mol. The van der Waals surface area contributed by atoms with Crippen LogP contribution in [0.1, 0.15) is 0 Å². The Hall–Kier alpha value is -2.90. The average molecular weight is 271 g/mol. The zero-order valence-electron chi connectivity index (χ0n) is 10.2. The summed E-state index contributed by atoms with van der Waals surface area (Å²) in [4.78, 5) is 18.2. The van der Waals surface area contributed by atoms with Crippen LogP contribution < -0.4 is 15.0 Å². The highest BCUT2D eigenvalue weighted by Gasteiger charge is 2.15. The van der Waals surface area contributed by atoms with Crippen molar-refractivity contribution in [1.82, 2.24) is 25.0 Å². The smallest absolute Gasteiger partial charge is 0.280 e. The average Bonchev–Trinajstić information content (AvgIpc) is 2.92. The molecule has 0 saturated carbocycles. The topological polar surface area (TPSA) is 94.9 Å². The van der Waals surface area contributed by atoms with E-state index in [0.717, 1.165) is 0 Å². The van der Waals surface area contributed by atoms with Gasteiger partial charge in [-0.1, -0.05) is 5.21 Å². The number of benzene rings is 1. The van der Waals surface area contributed by atoms with E-state index in [9.17, 15) is 4.79 Å². The first-order valence-electron chi connectivity index (χ1n) is 6.02. The summed E-state index contributed by atoms with van der Waals surface area (Å²) in [5, 5.41) is 7.80. The quantitative estimate of drug-likeness (QED) is 0.683. The molecule has 0 aliphatic carbocycles. The summed E-state index contributed by atoms with van der Waals surface area (Å²) in [6.45, 7) is 1.04. The van der Waals surface area contributed by atoms with Crippen molar-refractivity contribution in [3.8, 4) is 17.2 Å². The lowest BCUT2D eigenvalue weighted by atomic mass is 10.2. The Kier molecular flexibility index (Phi) is 2.22. The van der Waals surface area contributed by atoms with E-state index in [0.29, 0.717) is 36.0 Å². The summed E-state index contributed by atoms with van der Waals surface area (Å²) in [6.07, 6.45) is 1.32. The first-order chi connectivity index (χ1) is 9.83. The number of ether oxygens (including phenoxy) is 2. The highest BCUT2D eigenvalue weighted by Crippen LogP contribution is 2.32. The first-order valence-corrected chi connectivity index (χ1v) is 6.02. The van der Waals surface area contributed by atoms with Crippen LogP contribution in [0.3, 0.4) is 0 Å². The molecule has 2 aromatic heterocycles. The van der Waals surface area contributed by atoms with Crippen molar-refractivity contribution >= 4 is 11.2 Å². The molecule has 100 valence electrons. The Morgan fingerprint density at radius 1 is 1.20 bits per heavy atom. The second kappa shape index (κ2) is 4.05. The maximum absolute atomic E-state index is 11.6. The fourth-order valence-corrected chi connectivity index (χ4v) is 2.10. The van der Waals surface area contributed by atoms with Gasteiger partial charge in [0.1, 0.15) is 13.2 Å². The van der Waals surface area contributed by atoms with Gasteiger partial charge in [-0.25, -0.2) is 4.98 Å². The molecule has 0 amide bonds. The number of fused-ring (bicyclic) bond motifs is 2. The summed E-state index contributed by atoms with van der Waals surface area (Å²) in [5.41, 5.74) is 0.974. The van der Waals surface area contributed by atoms with Crippen LogP contribution in [0, 0.1) is 0 Å². The summed E-state index contributed by atoms with van der Waals surface area (Å²) in [5.74, 6) is 1.33. The zero-order valence-corrected chi connectivity index (χ0v) is 10.2. The van der Waals surface area contributed by atoms with Gasteiger partial charge in [0.25, 0.3) is 5.56 Å².